The number of carbonyl (C=O) groups excluding carboxylic acids is 3. The van der Waals surface area contributed by atoms with Crippen molar-refractivity contribution < 1.29 is 28.2 Å². The Kier molecular flexibility index (Phi) is 9.13. The van der Waals surface area contributed by atoms with Crippen LogP contribution in [0, 0.1) is 6.92 Å². The molecular formula is C31H40FN3O5. The van der Waals surface area contributed by atoms with Crippen LogP contribution in [-0.4, -0.2) is 71.3 Å². The summed E-state index contributed by atoms with van der Waals surface area (Å²) in [4.78, 5) is 41.3. The number of alkyl halides is 1. The van der Waals surface area contributed by atoms with Gasteiger partial charge in [-0.3, -0.25) is 9.69 Å². The maximum Gasteiger partial charge on any atom is 0.408 e. The first-order chi connectivity index (χ1) is 18.9. The number of esters is 1. The van der Waals surface area contributed by atoms with Gasteiger partial charge in [-0.05, 0) is 77.3 Å². The van der Waals surface area contributed by atoms with Crippen LogP contribution in [0.15, 0.2) is 48.5 Å². The van der Waals surface area contributed by atoms with Crippen LogP contribution >= 0.6 is 0 Å². The van der Waals surface area contributed by atoms with Gasteiger partial charge in [0.15, 0.2) is 0 Å². The summed E-state index contributed by atoms with van der Waals surface area (Å²) in [6.07, 6.45) is -0.507. The number of nitrogens with zero attached hydrogens (tertiary/aromatic N) is 2. The summed E-state index contributed by atoms with van der Waals surface area (Å²) in [6.45, 7) is 10.9. The average molecular weight is 554 g/mol. The number of hydrogen-bond donors (Lipinski definition) is 1. The minimum Gasteiger partial charge on any atom is -0.444 e. The van der Waals surface area contributed by atoms with Crippen LogP contribution < -0.4 is 10.1 Å². The smallest absolute Gasteiger partial charge is 0.408 e. The number of hydrogen-bond acceptors (Lipinski definition) is 6. The van der Waals surface area contributed by atoms with Crippen molar-refractivity contribution in [2.75, 3.05) is 19.6 Å². The van der Waals surface area contributed by atoms with Crippen LogP contribution in [0.1, 0.15) is 63.1 Å². The van der Waals surface area contributed by atoms with Gasteiger partial charge < -0.3 is 19.7 Å². The number of rotatable bonds is 7. The molecular weight excluding hydrogens is 513 g/mol. The zero-order valence-electron chi connectivity index (χ0n) is 24.0. The van der Waals surface area contributed by atoms with E-state index in [9.17, 15) is 14.4 Å². The van der Waals surface area contributed by atoms with Crippen molar-refractivity contribution in [2.24, 2.45) is 0 Å². The predicted octanol–water partition coefficient (Wildman–Crippen LogP) is 4.74. The molecule has 2 aromatic carbocycles. The monoisotopic (exact) mass is 553 g/mol. The fourth-order valence-corrected chi connectivity index (χ4v) is 5.25. The lowest BCUT2D eigenvalue weighted by atomic mass is 9.87. The molecule has 1 unspecified atom stereocenters. The molecule has 1 N–H and O–H groups in total. The summed E-state index contributed by atoms with van der Waals surface area (Å²) in [5.41, 5.74) is 2.43. The van der Waals surface area contributed by atoms with Crippen LogP contribution in [0.5, 0.6) is 5.75 Å². The highest BCUT2D eigenvalue weighted by Crippen LogP contribution is 2.34. The van der Waals surface area contributed by atoms with E-state index in [1.54, 1.807) is 45.0 Å². The number of aryl methyl sites for hydroxylation is 1. The molecule has 216 valence electrons. The van der Waals surface area contributed by atoms with Gasteiger partial charge in [-0.2, -0.15) is 0 Å². The minimum absolute atomic E-state index is 0.0766. The molecule has 2 saturated heterocycles. The fourth-order valence-electron chi connectivity index (χ4n) is 5.25. The van der Waals surface area contributed by atoms with Gasteiger partial charge in [0.05, 0.1) is 6.04 Å². The molecule has 4 atom stereocenters. The minimum atomic E-state index is -1.11. The molecule has 0 aliphatic carbocycles. The topological polar surface area (TPSA) is 88.2 Å². The second-order valence-corrected chi connectivity index (χ2v) is 11.8. The van der Waals surface area contributed by atoms with Crippen molar-refractivity contribution >= 4 is 18.0 Å². The van der Waals surface area contributed by atoms with Crippen molar-refractivity contribution in [1.82, 2.24) is 15.1 Å². The molecule has 0 radical (unpaired) electrons. The van der Waals surface area contributed by atoms with E-state index in [1.165, 1.54) is 12.5 Å². The maximum absolute atomic E-state index is 15.4. The Balaban J connectivity index is 1.27. The zero-order chi connectivity index (χ0) is 29.0. The number of halogens is 1. The lowest BCUT2D eigenvalue weighted by Crippen LogP contribution is -2.49. The normalized spacial score (nSPS) is 22.6. The van der Waals surface area contributed by atoms with Crippen molar-refractivity contribution in [3.05, 3.63) is 65.2 Å². The van der Waals surface area contributed by atoms with Gasteiger partial charge in [-0.15, -0.1) is 0 Å². The quantitative estimate of drug-likeness (QED) is 0.394. The van der Waals surface area contributed by atoms with Gasteiger partial charge in [-0.25, -0.2) is 14.0 Å². The van der Waals surface area contributed by atoms with Crippen LogP contribution in [-0.2, 0) is 20.9 Å². The maximum atomic E-state index is 15.4. The first-order valence-corrected chi connectivity index (χ1v) is 13.9. The highest BCUT2D eigenvalue weighted by Gasteiger charge is 2.40. The lowest BCUT2D eigenvalue weighted by molar-refractivity contribution is -0.136. The molecule has 0 spiro atoms. The SMILES string of the molecule is Cc1ccc(CN2CC[C@@H](N3CC[C@@H](c4ccc(OC(=O)C(C)NC(=O)OC(C)(C)C)cc4)[C@H](F)C3)C2=O)cc1. The molecule has 9 heteroatoms. The highest BCUT2D eigenvalue weighted by atomic mass is 19.1. The number of nitrogens with one attached hydrogen (secondary N) is 1. The summed E-state index contributed by atoms with van der Waals surface area (Å²) in [6, 6.07) is 13.8. The Hall–Kier alpha value is -3.46. The van der Waals surface area contributed by atoms with E-state index in [0.717, 1.165) is 11.1 Å². The molecule has 0 bridgehead atoms. The molecule has 2 fully saturated rings. The Morgan fingerprint density at radius 3 is 2.35 bits per heavy atom. The first kappa shape index (κ1) is 29.5. The average Bonchev–Trinajstić information content (AvgIpc) is 3.24. The number of alkyl carbamates (subject to hydrolysis) is 1. The standard InChI is InChI=1S/C31H40FN3O5/c1-20-6-8-22(9-7-20)18-35-17-15-27(28(35)36)34-16-14-25(26(32)19-34)23-10-12-24(13-11-23)39-29(37)21(2)33-30(38)40-31(3,4)5/h6-13,21,25-27H,14-19H2,1-5H3,(H,33,38)/t21?,25-,26+,27+/m0/s1. The first-order valence-electron chi connectivity index (χ1n) is 13.9. The zero-order valence-corrected chi connectivity index (χ0v) is 24.0. The molecule has 2 aromatic rings. The van der Waals surface area contributed by atoms with E-state index < -0.39 is 29.9 Å². The molecule has 8 nitrogen and oxygen atoms in total. The third-order valence-corrected chi connectivity index (χ3v) is 7.39. The van der Waals surface area contributed by atoms with Crippen LogP contribution in [0.3, 0.4) is 0 Å². The van der Waals surface area contributed by atoms with Crippen molar-refractivity contribution in [3.8, 4) is 5.75 Å². The summed E-state index contributed by atoms with van der Waals surface area (Å²) in [7, 11) is 0. The third kappa shape index (κ3) is 7.59. The Bertz CT molecular complexity index is 1190. The number of likely N-dealkylation sites (tertiary alicyclic amines) is 2. The van der Waals surface area contributed by atoms with E-state index in [0.29, 0.717) is 38.2 Å². The number of benzene rings is 2. The molecule has 0 saturated carbocycles. The summed E-state index contributed by atoms with van der Waals surface area (Å²) in [5.74, 6) is -0.542. The molecule has 0 aromatic heterocycles. The summed E-state index contributed by atoms with van der Waals surface area (Å²) >= 11 is 0. The molecule has 2 aliphatic heterocycles. The predicted molar refractivity (Wildman–Crippen MR) is 150 cm³/mol. The van der Waals surface area contributed by atoms with Gasteiger partial charge in [0.2, 0.25) is 5.91 Å². The van der Waals surface area contributed by atoms with E-state index in [-0.39, 0.29) is 24.4 Å². The largest absolute Gasteiger partial charge is 0.444 e. The lowest BCUT2D eigenvalue weighted by Gasteiger charge is -2.37. The molecule has 40 heavy (non-hydrogen) atoms. The number of amides is 2. The number of ether oxygens (including phenoxy) is 2. The van der Waals surface area contributed by atoms with E-state index in [4.69, 9.17) is 9.47 Å². The second-order valence-electron chi connectivity index (χ2n) is 11.8. The Labute approximate surface area is 235 Å². The number of carbonyl (C=O) groups is 3. The van der Waals surface area contributed by atoms with E-state index >= 15 is 4.39 Å². The van der Waals surface area contributed by atoms with Crippen LogP contribution in [0.4, 0.5) is 9.18 Å². The van der Waals surface area contributed by atoms with Gasteiger partial charge in [-0.1, -0.05) is 42.0 Å². The van der Waals surface area contributed by atoms with Gasteiger partial charge >= 0.3 is 12.1 Å². The van der Waals surface area contributed by atoms with E-state index in [2.05, 4.69) is 5.32 Å². The highest BCUT2D eigenvalue weighted by molar-refractivity contribution is 5.84. The number of piperidine rings is 1. The second kappa shape index (κ2) is 12.4. The molecule has 2 aliphatic rings. The fraction of sp³-hybridized carbons (Fsp3) is 0.516. The van der Waals surface area contributed by atoms with Gasteiger partial charge in [0.1, 0.15) is 23.6 Å². The van der Waals surface area contributed by atoms with Crippen LogP contribution in [0.25, 0.3) is 0 Å². The van der Waals surface area contributed by atoms with Gasteiger partial charge in [0, 0.05) is 25.6 Å². The van der Waals surface area contributed by atoms with Crippen LogP contribution in [0.2, 0.25) is 0 Å². The Morgan fingerprint density at radius 1 is 1.05 bits per heavy atom. The summed E-state index contributed by atoms with van der Waals surface area (Å²) < 4.78 is 25.9. The van der Waals surface area contributed by atoms with Gasteiger partial charge in [0.25, 0.3) is 0 Å². The van der Waals surface area contributed by atoms with E-state index in [1.807, 2.05) is 41.0 Å². The molecule has 2 amide bonds. The Morgan fingerprint density at radius 2 is 1.73 bits per heavy atom. The van der Waals surface area contributed by atoms with Crippen molar-refractivity contribution in [2.45, 2.75) is 83.8 Å². The van der Waals surface area contributed by atoms with Crippen molar-refractivity contribution in [1.29, 1.82) is 0 Å². The third-order valence-electron chi connectivity index (χ3n) is 7.39. The summed E-state index contributed by atoms with van der Waals surface area (Å²) in [5, 5.41) is 2.46. The molecule has 2 heterocycles. The van der Waals surface area contributed by atoms with Crippen molar-refractivity contribution in [3.63, 3.8) is 0 Å². The molecule has 4 rings (SSSR count).